The van der Waals surface area contributed by atoms with Gasteiger partial charge in [0.1, 0.15) is 17.0 Å². The van der Waals surface area contributed by atoms with Crippen LogP contribution in [0.4, 0.5) is 0 Å². The van der Waals surface area contributed by atoms with Crippen molar-refractivity contribution < 1.29 is 9.84 Å². The smallest absolute Gasteiger partial charge is 0.162 e. The summed E-state index contributed by atoms with van der Waals surface area (Å²) in [7, 11) is 5.05. The third-order valence-corrected chi connectivity index (χ3v) is 3.74. The average molecular weight is 299 g/mol. The molecule has 20 heavy (non-hydrogen) atoms. The Morgan fingerprint density at radius 3 is 2.50 bits per heavy atom. The molecule has 1 N–H and O–H groups in total. The second kappa shape index (κ2) is 5.46. The number of ether oxygens (including phenoxy) is 1. The van der Waals surface area contributed by atoms with Crippen molar-refractivity contribution >= 4 is 11.6 Å². The minimum absolute atomic E-state index is 0.151. The van der Waals surface area contributed by atoms with Crippen molar-refractivity contribution in [2.45, 2.75) is 25.9 Å². The predicted octanol–water partition coefficient (Wildman–Crippen LogP) is 2.02. The summed E-state index contributed by atoms with van der Waals surface area (Å²) < 4.78 is 8.39. The molecule has 6 nitrogen and oxygen atoms in total. The summed E-state index contributed by atoms with van der Waals surface area (Å²) in [5, 5.41) is 19.6. The number of methoxy groups -OCH3 is 1. The number of aryl methyl sites for hydroxylation is 2. The van der Waals surface area contributed by atoms with Gasteiger partial charge in [-0.25, -0.2) is 0 Å². The summed E-state index contributed by atoms with van der Waals surface area (Å²) in [5.74, 6) is 0.673. The average Bonchev–Trinajstić information content (AvgIpc) is 2.90. The highest BCUT2D eigenvalue weighted by atomic mass is 35.5. The fourth-order valence-electron chi connectivity index (χ4n) is 2.25. The van der Waals surface area contributed by atoms with Crippen molar-refractivity contribution in [1.29, 1.82) is 0 Å². The molecule has 2 rings (SSSR count). The standard InChI is InChI=1S/C13H19ClN4O2/c1-7(2)10-9(13(14)18(4)16-10)12(19)11-8(20-5)6-15-17(11)3/h6-7,12,19H,1-5H3. The molecule has 0 spiro atoms. The molecular formula is C13H19ClN4O2. The summed E-state index contributed by atoms with van der Waals surface area (Å²) in [6, 6.07) is 0. The van der Waals surface area contributed by atoms with Gasteiger partial charge in [0.25, 0.3) is 0 Å². The molecule has 1 unspecified atom stereocenters. The Bertz CT molecular complexity index is 618. The molecule has 0 radical (unpaired) electrons. The molecule has 7 heteroatoms. The van der Waals surface area contributed by atoms with Crippen LogP contribution in [-0.4, -0.2) is 31.8 Å². The lowest BCUT2D eigenvalue weighted by atomic mass is 10.00. The van der Waals surface area contributed by atoms with Crippen LogP contribution in [0.15, 0.2) is 6.20 Å². The van der Waals surface area contributed by atoms with E-state index in [9.17, 15) is 5.11 Å². The van der Waals surface area contributed by atoms with Crippen LogP contribution < -0.4 is 4.74 Å². The lowest BCUT2D eigenvalue weighted by Gasteiger charge is -2.15. The second-order valence-corrected chi connectivity index (χ2v) is 5.35. The third kappa shape index (κ3) is 2.29. The maximum Gasteiger partial charge on any atom is 0.162 e. The van der Waals surface area contributed by atoms with Crippen LogP contribution in [0, 0.1) is 0 Å². The number of hydrogen-bond donors (Lipinski definition) is 1. The van der Waals surface area contributed by atoms with Crippen LogP contribution in [-0.2, 0) is 14.1 Å². The first-order valence-electron chi connectivity index (χ1n) is 6.34. The second-order valence-electron chi connectivity index (χ2n) is 4.99. The van der Waals surface area contributed by atoms with Crippen molar-refractivity contribution in [3.63, 3.8) is 0 Å². The molecule has 1 atom stereocenters. The molecule has 0 aliphatic heterocycles. The first-order valence-corrected chi connectivity index (χ1v) is 6.72. The van der Waals surface area contributed by atoms with Crippen LogP contribution in [0.25, 0.3) is 0 Å². The van der Waals surface area contributed by atoms with Gasteiger partial charge in [0.2, 0.25) is 0 Å². The molecule has 2 aromatic rings. The number of aliphatic hydroxyl groups is 1. The van der Waals surface area contributed by atoms with E-state index < -0.39 is 6.10 Å². The molecule has 0 aliphatic rings. The zero-order valence-electron chi connectivity index (χ0n) is 12.3. The van der Waals surface area contributed by atoms with Gasteiger partial charge in [-0.15, -0.1) is 0 Å². The van der Waals surface area contributed by atoms with Crippen LogP contribution in [0.2, 0.25) is 5.15 Å². The van der Waals surface area contributed by atoms with Gasteiger partial charge in [-0.2, -0.15) is 10.2 Å². The summed E-state index contributed by atoms with van der Waals surface area (Å²) in [6.45, 7) is 4.02. The van der Waals surface area contributed by atoms with Crippen molar-refractivity contribution in [3.05, 3.63) is 28.3 Å². The largest absolute Gasteiger partial charge is 0.493 e. The Morgan fingerprint density at radius 2 is 1.95 bits per heavy atom. The minimum Gasteiger partial charge on any atom is -0.493 e. The summed E-state index contributed by atoms with van der Waals surface area (Å²) in [5.41, 5.74) is 1.93. The van der Waals surface area contributed by atoms with E-state index in [-0.39, 0.29) is 5.92 Å². The number of hydrogen-bond acceptors (Lipinski definition) is 4. The van der Waals surface area contributed by atoms with Crippen molar-refractivity contribution in [3.8, 4) is 5.75 Å². The molecule has 0 saturated carbocycles. The first-order chi connectivity index (χ1) is 9.38. The Balaban J connectivity index is 2.58. The Morgan fingerprint density at radius 1 is 1.30 bits per heavy atom. The fraction of sp³-hybridized carbons (Fsp3) is 0.538. The molecule has 0 saturated heterocycles. The fourth-order valence-corrected chi connectivity index (χ4v) is 2.49. The Labute approximate surface area is 122 Å². The maximum absolute atomic E-state index is 10.7. The van der Waals surface area contributed by atoms with E-state index in [0.29, 0.717) is 22.2 Å². The molecule has 0 amide bonds. The van der Waals surface area contributed by atoms with Crippen LogP contribution >= 0.6 is 11.6 Å². The third-order valence-electron chi connectivity index (χ3n) is 3.29. The highest BCUT2D eigenvalue weighted by molar-refractivity contribution is 6.30. The predicted molar refractivity (Wildman–Crippen MR) is 76.1 cm³/mol. The molecular weight excluding hydrogens is 280 g/mol. The summed E-state index contributed by atoms with van der Waals surface area (Å²) >= 11 is 6.29. The van der Waals surface area contributed by atoms with Gasteiger partial charge in [0.15, 0.2) is 5.75 Å². The number of aliphatic hydroxyl groups excluding tert-OH is 1. The van der Waals surface area contributed by atoms with Gasteiger partial charge in [0.05, 0.1) is 19.0 Å². The number of rotatable bonds is 4. The summed E-state index contributed by atoms with van der Waals surface area (Å²) in [6.07, 6.45) is 0.633. The quantitative estimate of drug-likeness (QED) is 0.938. The highest BCUT2D eigenvalue weighted by Gasteiger charge is 2.29. The highest BCUT2D eigenvalue weighted by Crippen LogP contribution is 2.37. The zero-order chi connectivity index (χ0) is 15.0. The van der Waals surface area contributed by atoms with Gasteiger partial charge < -0.3 is 9.84 Å². The molecule has 110 valence electrons. The number of halogens is 1. The normalized spacial score (nSPS) is 13.0. The number of aromatic nitrogens is 4. The Hall–Kier alpha value is -1.53. The molecule has 0 aliphatic carbocycles. The van der Waals surface area contributed by atoms with E-state index in [1.54, 1.807) is 36.8 Å². The van der Waals surface area contributed by atoms with E-state index >= 15 is 0 Å². The van der Waals surface area contributed by atoms with Crippen molar-refractivity contribution in [1.82, 2.24) is 19.6 Å². The van der Waals surface area contributed by atoms with Gasteiger partial charge in [-0.1, -0.05) is 25.4 Å². The maximum atomic E-state index is 10.7. The van der Waals surface area contributed by atoms with Gasteiger partial charge in [-0.05, 0) is 5.92 Å². The van der Waals surface area contributed by atoms with E-state index in [0.717, 1.165) is 5.69 Å². The molecule has 2 aromatic heterocycles. The van der Waals surface area contributed by atoms with Gasteiger partial charge in [-0.3, -0.25) is 9.36 Å². The van der Waals surface area contributed by atoms with Crippen LogP contribution in [0.5, 0.6) is 5.75 Å². The summed E-state index contributed by atoms with van der Waals surface area (Å²) in [4.78, 5) is 0. The number of nitrogens with zero attached hydrogens (tertiary/aromatic N) is 4. The van der Waals surface area contributed by atoms with Crippen LogP contribution in [0.1, 0.15) is 42.8 Å². The van der Waals surface area contributed by atoms with Crippen molar-refractivity contribution in [2.75, 3.05) is 7.11 Å². The van der Waals surface area contributed by atoms with Crippen LogP contribution in [0.3, 0.4) is 0 Å². The van der Waals surface area contributed by atoms with E-state index in [4.69, 9.17) is 16.3 Å². The monoisotopic (exact) mass is 298 g/mol. The molecule has 0 bridgehead atoms. The van der Waals surface area contributed by atoms with Crippen molar-refractivity contribution in [2.24, 2.45) is 14.1 Å². The van der Waals surface area contributed by atoms with Gasteiger partial charge >= 0.3 is 0 Å². The minimum atomic E-state index is -0.934. The molecule has 2 heterocycles. The Kier molecular flexibility index (Phi) is 4.06. The van der Waals surface area contributed by atoms with E-state index in [1.807, 2.05) is 13.8 Å². The van der Waals surface area contributed by atoms with Gasteiger partial charge in [0, 0.05) is 19.7 Å². The topological polar surface area (TPSA) is 65.1 Å². The first kappa shape index (κ1) is 14.9. The SMILES string of the molecule is COc1cnn(C)c1C(O)c1c(C(C)C)nn(C)c1Cl. The zero-order valence-corrected chi connectivity index (χ0v) is 13.0. The lowest BCUT2D eigenvalue weighted by Crippen LogP contribution is -2.10. The molecule has 0 aromatic carbocycles. The van der Waals surface area contributed by atoms with E-state index in [1.165, 1.54) is 0 Å². The van der Waals surface area contributed by atoms with E-state index in [2.05, 4.69) is 10.2 Å². The lowest BCUT2D eigenvalue weighted by molar-refractivity contribution is 0.203. The molecule has 0 fully saturated rings.